The Morgan fingerprint density at radius 2 is 1.42 bits per heavy atom. The lowest BCUT2D eigenvalue weighted by Gasteiger charge is -2.19. The summed E-state index contributed by atoms with van der Waals surface area (Å²) in [5.74, 6) is -0.273. The molecule has 33 heavy (non-hydrogen) atoms. The second-order valence-electron chi connectivity index (χ2n) is 9.27. The van der Waals surface area contributed by atoms with Gasteiger partial charge in [0.15, 0.2) is 5.76 Å². The van der Waals surface area contributed by atoms with Crippen LogP contribution in [0.15, 0.2) is 80.8 Å². The standard InChI is InChI=1S/C27H26O5S/c1-17-6-13-21(14-7-17)33(29,30)32-26-24(28)22-15-8-18(2)16-23(22)31-25(26)19-9-11-20(12-10-19)27(3,4)5/h6-16H,1-5H3. The first-order valence-corrected chi connectivity index (χ1v) is 12.1. The van der Waals surface area contributed by atoms with Gasteiger partial charge in [-0.1, -0.05) is 68.8 Å². The molecule has 0 atom stereocenters. The van der Waals surface area contributed by atoms with Gasteiger partial charge in [0.25, 0.3) is 0 Å². The Morgan fingerprint density at radius 1 is 0.818 bits per heavy atom. The van der Waals surface area contributed by atoms with E-state index in [4.69, 9.17) is 8.60 Å². The van der Waals surface area contributed by atoms with E-state index in [1.807, 2.05) is 38.1 Å². The predicted molar refractivity (Wildman–Crippen MR) is 130 cm³/mol. The van der Waals surface area contributed by atoms with Crippen LogP contribution in [-0.4, -0.2) is 8.42 Å². The Kier molecular flexibility index (Phi) is 5.66. The van der Waals surface area contributed by atoms with Crippen LogP contribution in [0.2, 0.25) is 0 Å². The number of hydrogen-bond acceptors (Lipinski definition) is 5. The van der Waals surface area contributed by atoms with E-state index in [0.717, 1.165) is 16.7 Å². The van der Waals surface area contributed by atoms with Crippen molar-refractivity contribution in [1.29, 1.82) is 0 Å². The van der Waals surface area contributed by atoms with Crippen LogP contribution in [0.4, 0.5) is 0 Å². The molecule has 170 valence electrons. The Hall–Kier alpha value is -3.38. The zero-order valence-corrected chi connectivity index (χ0v) is 20.1. The first-order chi connectivity index (χ1) is 15.5. The minimum absolute atomic E-state index is 0.0365. The second-order valence-corrected chi connectivity index (χ2v) is 10.8. The highest BCUT2D eigenvalue weighted by atomic mass is 32.2. The van der Waals surface area contributed by atoms with Crippen LogP contribution >= 0.6 is 0 Å². The molecule has 0 aliphatic heterocycles. The highest BCUT2D eigenvalue weighted by Crippen LogP contribution is 2.34. The van der Waals surface area contributed by atoms with Crippen LogP contribution in [0.3, 0.4) is 0 Å². The van der Waals surface area contributed by atoms with Gasteiger partial charge in [0, 0.05) is 5.56 Å². The molecule has 0 N–H and O–H groups in total. The van der Waals surface area contributed by atoms with E-state index in [9.17, 15) is 13.2 Å². The van der Waals surface area contributed by atoms with Crippen LogP contribution in [-0.2, 0) is 15.5 Å². The fourth-order valence-electron chi connectivity index (χ4n) is 3.53. The molecule has 0 amide bonds. The van der Waals surface area contributed by atoms with Crippen LogP contribution in [0.5, 0.6) is 5.75 Å². The summed E-state index contributed by atoms with van der Waals surface area (Å²) in [5.41, 5.74) is 3.25. The van der Waals surface area contributed by atoms with Gasteiger partial charge < -0.3 is 8.60 Å². The molecule has 4 aromatic rings. The maximum absolute atomic E-state index is 13.4. The fraction of sp³-hybridized carbons (Fsp3) is 0.222. The van der Waals surface area contributed by atoms with Gasteiger partial charge in [0.05, 0.1) is 5.39 Å². The molecule has 1 heterocycles. The van der Waals surface area contributed by atoms with Crippen LogP contribution in [0.25, 0.3) is 22.3 Å². The maximum Gasteiger partial charge on any atom is 0.339 e. The van der Waals surface area contributed by atoms with Crippen molar-refractivity contribution in [3.05, 3.63) is 93.6 Å². The van der Waals surface area contributed by atoms with E-state index < -0.39 is 15.5 Å². The largest absolute Gasteiger partial charge is 0.452 e. The molecule has 4 rings (SSSR count). The van der Waals surface area contributed by atoms with Crippen molar-refractivity contribution in [1.82, 2.24) is 0 Å². The van der Waals surface area contributed by atoms with Crippen molar-refractivity contribution in [2.24, 2.45) is 0 Å². The maximum atomic E-state index is 13.4. The summed E-state index contributed by atoms with van der Waals surface area (Å²) in [6, 6.07) is 18.9. The second kappa shape index (κ2) is 8.19. The van der Waals surface area contributed by atoms with Crippen LogP contribution in [0.1, 0.15) is 37.5 Å². The highest BCUT2D eigenvalue weighted by Gasteiger charge is 2.25. The lowest BCUT2D eigenvalue weighted by atomic mass is 9.86. The molecule has 0 fully saturated rings. The van der Waals surface area contributed by atoms with Gasteiger partial charge in [-0.2, -0.15) is 8.42 Å². The molecule has 0 aliphatic carbocycles. The lowest BCUT2D eigenvalue weighted by Crippen LogP contribution is -2.17. The van der Waals surface area contributed by atoms with Gasteiger partial charge in [-0.15, -0.1) is 0 Å². The molecule has 0 spiro atoms. The number of benzene rings is 3. The van der Waals surface area contributed by atoms with Crippen LogP contribution < -0.4 is 9.61 Å². The first-order valence-electron chi connectivity index (χ1n) is 10.7. The molecule has 3 aromatic carbocycles. The summed E-state index contributed by atoms with van der Waals surface area (Å²) in [7, 11) is -4.25. The number of hydrogen-bond donors (Lipinski definition) is 0. The van der Waals surface area contributed by atoms with E-state index >= 15 is 0 Å². The summed E-state index contributed by atoms with van der Waals surface area (Å²) in [6.07, 6.45) is 0. The zero-order valence-electron chi connectivity index (χ0n) is 19.3. The molecule has 0 bridgehead atoms. The van der Waals surface area contributed by atoms with E-state index in [1.54, 1.807) is 30.3 Å². The smallest absolute Gasteiger partial charge is 0.339 e. The normalized spacial score (nSPS) is 12.2. The Balaban J connectivity index is 1.92. The highest BCUT2D eigenvalue weighted by molar-refractivity contribution is 7.87. The summed E-state index contributed by atoms with van der Waals surface area (Å²) < 4.78 is 37.6. The molecular formula is C27H26O5S. The fourth-order valence-corrected chi connectivity index (χ4v) is 4.47. The molecule has 1 aromatic heterocycles. The third kappa shape index (κ3) is 4.57. The number of rotatable bonds is 4. The van der Waals surface area contributed by atoms with Crippen molar-refractivity contribution >= 4 is 21.1 Å². The monoisotopic (exact) mass is 462 g/mol. The van der Waals surface area contributed by atoms with Gasteiger partial charge in [-0.05, 0) is 54.7 Å². The molecule has 5 nitrogen and oxygen atoms in total. The van der Waals surface area contributed by atoms with E-state index in [0.29, 0.717) is 11.1 Å². The average Bonchev–Trinajstić information content (AvgIpc) is 2.75. The summed E-state index contributed by atoms with van der Waals surface area (Å²) in [6.45, 7) is 10.1. The topological polar surface area (TPSA) is 73.6 Å². The SMILES string of the molecule is Cc1ccc(S(=O)(=O)Oc2c(-c3ccc(C(C)(C)C)cc3)oc3cc(C)ccc3c2=O)cc1. The van der Waals surface area contributed by atoms with Crippen molar-refractivity contribution in [3.63, 3.8) is 0 Å². The molecule has 0 radical (unpaired) electrons. The van der Waals surface area contributed by atoms with Gasteiger partial charge in [-0.3, -0.25) is 4.79 Å². The van der Waals surface area contributed by atoms with E-state index in [-0.39, 0.29) is 27.2 Å². The third-order valence-corrected chi connectivity index (χ3v) is 6.76. The van der Waals surface area contributed by atoms with Crippen molar-refractivity contribution < 1.29 is 17.0 Å². The number of fused-ring (bicyclic) bond motifs is 1. The zero-order chi connectivity index (χ0) is 24.0. The summed E-state index contributed by atoms with van der Waals surface area (Å²) >= 11 is 0. The van der Waals surface area contributed by atoms with Crippen molar-refractivity contribution in [2.45, 2.75) is 44.9 Å². The van der Waals surface area contributed by atoms with Crippen molar-refractivity contribution in [3.8, 4) is 17.1 Å². The Labute approximate surface area is 193 Å². The molecule has 0 saturated heterocycles. The molecule has 0 unspecified atom stereocenters. The van der Waals surface area contributed by atoms with Crippen LogP contribution in [0, 0.1) is 13.8 Å². The van der Waals surface area contributed by atoms with E-state index in [1.165, 1.54) is 12.1 Å². The van der Waals surface area contributed by atoms with E-state index in [2.05, 4.69) is 20.8 Å². The molecular weight excluding hydrogens is 436 g/mol. The predicted octanol–water partition coefficient (Wildman–Crippen LogP) is 6.14. The quantitative estimate of drug-likeness (QED) is 0.341. The molecule has 6 heteroatoms. The van der Waals surface area contributed by atoms with Gasteiger partial charge in [-0.25, -0.2) is 0 Å². The number of aryl methyl sites for hydroxylation is 2. The minimum Gasteiger partial charge on any atom is -0.452 e. The first kappa shape index (κ1) is 22.8. The lowest BCUT2D eigenvalue weighted by molar-refractivity contribution is 0.472. The van der Waals surface area contributed by atoms with Gasteiger partial charge in [0.2, 0.25) is 11.2 Å². The van der Waals surface area contributed by atoms with Gasteiger partial charge >= 0.3 is 10.1 Å². The third-order valence-electron chi connectivity index (χ3n) is 5.52. The van der Waals surface area contributed by atoms with Crippen molar-refractivity contribution in [2.75, 3.05) is 0 Å². The molecule has 0 saturated carbocycles. The Morgan fingerprint density at radius 3 is 2.03 bits per heavy atom. The van der Waals surface area contributed by atoms with Gasteiger partial charge in [0.1, 0.15) is 10.5 Å². The average molecular weight is 463 g/mol. The summed E-state index contributed by atoms with van der Waals surface area (Å²) in [5, 5.41) is 0.254. The minimum atomic E-state index is -4.25. The Bertz CT molecular complexity index is 1490. The summed E-state index contributed by atoms with van der Waals surface area (Å²) in [4.78, 5) is 13.3. The molecule has 0 aliphatic rings.